The van der Waals surface area contributed by atoms with Crippen molar-refractivity contribution in [1.29, 1.82) is 0 Å². The summed E-state index contributed by atoms with van der Waals surface area (Å²) < 4.78 is 5.93. The Morgan fingerprint density at radius 1 is 0.688 bits per heavy atom. The van der Waals surface area contributed by atoms with E-state index in [1.165, 1.54) is 80.6 Å². The number of carbonyl (C=O) groups is 1. The van der Waals surface area contributed by atoms with Gasteiger partial charge in [0, 0.05) is 51.4 Å². The van der Waals surface area contributed by atoms with Crippen molar-refractivity contribution in [2.75, 3.05) is 46.0 Å². The predicted molar refractivity (Wildman–Crippen MR) is 270 cm³/mol. The molecule has 2 atom stereocenters. The molecule has 2 unspecified atom stereocenters. The quantitative estimate of drug-likeness (QED) is 0.0333. The van der Waals surface area contributed by atoms with Gasteiger partial charge in [0.05, 0.1) is 19.8 Å². The summed E-state index contributed by atoms with van der Waals surface area (Å²) in [5, 5.41) is 17.9. The fraction of sp³-hybridized carbons (Fsp3) is 0.482. The Kier molecular flexibility index (Phi) is 16.7. The van der Waals surface area contributed by atoms with E-state index < -0.39 is 0 Å². The zero-order valence-electron chi connectivity index (χ0n) is 39.6. The second-order valence-electron chi connectivity index (χ2n) is 20.4. The van der Waals surface area contributed by atoms with E-state index in [1.807, 2.05) is 0 Å². The lowest BCUT2D eigenvalue weighted by molar-refractivity contribution is -0.117. The SMILES string of the molecule is C=C(C)C(=O)NCCCN(CCc1c2ccccc2c(CN(CCOCCO)Cc2ccccc2C2[B]CC(C)(C)CC2)c2ccccc12)Cc1ccccc1C1[B]CC(C)(C)CC1. The van der Waals surface area contributed by atoms with Crippen LogP contribution < -0.4 is 5.32 Å². The molecule has 0 spiro atoms. The first kappa shape index (κ1) is 47.8. The van der Waals surface area contributed by atoms with Gasteiger partial charge in [0.2, 0.25) is 5.91 Å². The van der Waals surface area contributed by atoms with Crippen LogP contribution in [0.5, 0.6) is 0 Å². The third-order valence-corrected chi connectivity index (χ3v) is 14.2. The van der Waals surface area contributed by atoms with Gasteiger partial charge in [-0.2, -0.15) is 0 Å². The molecule has 0 bridgehead atoms. The molecule has 2 aliphatic rings. The lowest BCUT2D eigenvalue weighted by atomic mass is 9.47. The molecular formula is C56H73B2N3O3. The van der Waals surface area contributed by atoms with Crippen molar-refractivity contribution in [3.05, 3.63) is 143 Å². The second kappa shape index (κ2) is 22.3. The number of aliphatic hydroxyl groups excluding tert-OH is 1. The molecule has 2 saturated heterocycles. The molecule has 2 aliphatic heterocycles. The maximum Gasteiger partial charge on any atom is 0.246 e. The maximum atomic E-state index is 12.4. The molecule has 64 heavy (non-hydrogen) atoms. The number of amides is 1. The molecule has 5 aromatic carbocycles. The van der Waals surface area contributed by atoms with E-state index in [4.69, 9.17) is 4.74 Å². The van der Waals surface area contributed by atoms with Crippen molar-refractivity contribution in [2.45, 2.75) is 117 Å². The number of nitrogens with one attached hydrogen (secondary N) is 1. The van der Waals surface area contributed by atoms with Crippen LogP contribution >= 0.6 is 0 Å². The zero-order chi connectivity index (χ0) is 45.1. The molecule has 5 aromatic rings. The number of rotatable bonds is 21. The van der Waals surface area contributed by atoms with Crippen molar-refractivity contribution in [3.8, 4) is 0 Å². The number of ether oxygens (including phenoxy) is 1. The number of aliphatic hydroxyl groups is 1. The van der Waals surface area contributed by atoms with Crippen molar-refractivity contribution < 1.29 is 14.6 Å². The normalized spacial score (nSPS) is 18.2. The van der Waals surface area contributed by atoms with Gasteiger partial charge in [0.25, 0.3) is 0 Å². The summed E-state index contributed by atoms with van der Waals surface area (Å²) in [5.74, 6) is 0.880. The third-order valence-electron chi connectivity index (χ3n) is 14.2. The van der Waals surface area contributed by atoms with E-state index in [9.17, 15) is 9.90 Å². The van der Waals surface area contributed by atoms with Crippen LogP contribution in [-0.2, 0) is 35.6 Å². The highest BCUT2D eigenvalue weighted by atomic mass is 16.5. The summed E-state index contributed by atoms with van der Waals surface area (Å²) in [7, 11) is 5.13. The average molecular weight is 858 g/mol. The molecular weight excluding hydrogens is 784 g/mol. The van der Waals surface area contributed by atoms with Crippen LogP contribution in [0.4, 0.5) is 0 Å². The Hall–Kier alpha value is -4.20. The van der Waals surface area contributed by atoms with Gasteiger partial charge in [0.15, 0.2) is 0 Å². The molecule has 7 rings (SSSR count). The van der Waals surface area contributed by atoms with Crippen LogP contribution in [0.25, 0.3) is 21.5 Å². The summed E-state index contributed by atoms with van der Waals surface area (Å²) in [5.41, 5.74) is 9.76. The van der Waals surface area contributed by atoms with Gasteiger partial charge < -0.3 is 15.2 Å². The third kappa shape index (κ3) is 12.6. The number of fused-ring (bicyclic) bond motifs is 2. The van der Waals surface area contributed by atoms with E-state index >= 15 is 0 Å². The standard InChI is InChI=1S/C56H73B2N3O3/c1-41(2)54(63)59-29-15-30-60(36-42-16-7-9-18-44(42)52-24-27-55(3,4)39-57-52)31-26-50-46-20-11-13-22-48(46)51(49-23-14-12-21-47(49)50)38-61(32-34-64-35-33-62)37-43-17-8-10-19-45(43)53-25-28-56(5,6)40-58-53/h7-14,16-23,52-53,62H,1,15,24-40H2,2-6H3,(H,59,63). The average Bonchev–Trinajstić information content (AvgIpc) is 3.29. The van der Waals surface area contributed by atoms with E-state index in [1.54, 1.807) is 6.92 Å². The van der Waals surface area contributed by atoms with Gasteiger partial charge in [-0.3, -0.25) is 14.6 Å². The second-order valence-corrected chi connectivity index (χ2v) is 20.4. The molecule has 2 radical (unpaired) electrons. The molecule has 2 fully saturated rings. The highest BCUT2D eigenvalue weighted by Crippen LogP contribution is 2.42. The van der Waals surface area contributed by atoms with Crippen LogP contribution in [0.1, 0.15) is 112 Å². The Balaban J connectivity index is 1.18. The smallest absolute Gasteiger partial charge is 0.246 e. The zero-order valence-corrected chi connectivity index (χ0v) is 39.6. The van der Waals surface area contributed by atoms with Crippen molar-refractivity contribution in [2.24, 2.45) is 10.8 Å². The summed E-state index contributed by atoms with van der Waals surface area (Å²) in [6, 6.07) is 36.3. The van der Waals surface area contributed by atoms with Gasteiger partial charge in [-0.15, -0.1) is 0 Å². The lowest BCUT2D eigenvalue weighted by Crippen LogP contribution is -2.32. The minimum Gasteiger partial charge on any atom is -0.394 e. The van der Waals surface area contributed by atoms with Crippen molar-refractivity contribution in [3.63, 3.8) is 0 Å². The number of nitrogens with zero attached hydrogens (tertiary/aromatic N) is 2. The molecule has 2 N–H and O–H groups in total. The van der Waals surface area contributed by atoms with Gasteiger partial charge in [-0.1, -0.05) is 157 Å². The van der Waals surface area contributed by atoms with Crippen LogP contribution in [0.3, 0.4) is 0 Å². The fourth-order valence-corrected chi connectivity index (χ4v) is 10.3. The molecule has 2 heterocycles. The van der Waals surface area contributed by atoms with Gasteiger partial charge >= 0.3 is 0 Å². The van der Waals surface area contributed by atoms with Gasteiger partial charge in [-0.05, 0) is 110 Å². The minimum atomic E-state index is -0.0713. The summed E-state index contributed by atoms with van der Waals surface area (Å²) >= 11 is 0. The molecule has 1 amide bonds. The Labute approximate surface area is 386 Å². The number of benzene rings is 5. The summed E-state index contributed by atoms with van der Waals surface area (Å²) in [6.45, 7) is 21.8. The predicted octanol–water partition coefficient (Wildman–Crippen LogP) is 11.1. The minimum absolute atomic E-state index is 0.0283. The molecule has 0 saturated carbocycles. The topological polar surface area (TPSA) is 65.0 Å². The van der Waals surface area contributed by atoms with E-state index in [0.29, 0.717) is 47.8 Å². The van der Waals surface area contributed by atoms with E-state index in [-0.39, 0.29) is 12.5 Å². The fourth-order valence-electron chi connectivity index (χ4n) is 10.3. The molecule has 6 nitrogen and oxygen atoms in total. The first-order valence-electron chi connectivity index (χ1n) is 24.2. The van der Waals surface area contributed by atoms with Crippen molar-refractivity contribution >= 4 is 42.0 Å². The maximum absolute atomic E-state index is 12.4. The van der Waals surface area contributed by atoms with E-state index in [0.717, 1.165) is 64.8 Å². The summed E-state index contributed by atoms with van der Waals surface area (Å²) in [6.07, 6.45) is 8.93. The Bertz CT molecular complexity index is 2260. The van der Waals surface area contributed by atoms with Crippen LogP contribution in [-0.4, -0.2) is 81.4 Å². The monoisotopic (exact) mass is 858 g/mol. The first-order chi connectivity index (χ1) is 30.9. The molecule has 0 aromatic heterocycles. The molecule has 8 heteroatoms. The molecule has 336 valence electrons. The van der Waals surface area contributed by atoms with Crippen molar-refractivity contribution in [1.82, 2.24) is 15.1 Å². The largest absolute Gasteiger partial charge is 0.394 e. The number of carbonyl (C=O) groups excluding carboxylic acids is 1. The van der Waals surface area contributed by atoms with Crippen LogP contribution in [0.2, 0.25) is 12.6 Å². The number of hydrogen-bond donors (Lipinski definition) is 2. The molecule has 0 aliphatic carbocycles. The highest BCUT2D eigenvalue weighted by molar-refractivity contribution is 6.38. The summed E-state index contributed by atoms with van der Waals surface area (Å²) in [4.78, 5) is 17.6. The lowest BCUT2D eigenvalue weighted by Gasteiger charge is -2.35. The van der Waals surface area contributed by atoms with Gasteiger partial charge in [0.1, 0.15) is 14.6 Å². The first-order valence-corrected chi connectivity index (χ1v) is 24.2. The van der Waals surface area contributed by atoms with Gasteiger partial charge in [-0.25, -0.2) is 0 Å². The van der Waals surface area contributed by atoms with Crippen LogP contribution in [0, 0.1) is 10.8 Å². The number of hydrogen-bond acceptors (Lipinski definition) is 5. The Morgan fingerprint density at radius 2 is 1.19 bits per heavy atom. The Morgan fingerprint density at radius 3 is 1.69 bits per heavy atom. The van der Waals surface area contributed by atoms with Crippen LogP contribution in [0.15, 0.2) is 109 Å². The van der Waals surface area contributed by atoms with E-state index in [2.05, 4.69) is 161 Å². The highest BCUT2D eigenvalue weighted by Gasteiger charge is 2.31.